The van der Waals surface area contributed by atoms with E-state index in [0.29, 0.717) is 28.9 Å². The number of aromatic nitrogens is 2. The summed E-state index contributed by atoms with van der Waals surface area (Å²) in [5.41, 5.74) is -3.91. The fourth-order valence-electron chi connectivity index (χ4n) is 1.74. The Kier molecular flexibility index (Phi) is 5.72. The first-order valence-corrected chi connectivity index (χ1v) is 8.43. The van der Waals surface area contributed by atoms with E-state index in [0.717, 1.165) is 11.3 Å². The van der Waals surface area contributed by atoms with Crippen LogP contribution in [0.15, 0.2) is 18.2 Å². The van der Waals surface area contributed by atoms with E-state index in [1.165, 1.54) is 0 Å². The van der Waals surface area contributed by atoms with E-state index in [2.05, 4.69) is 31.4 Å². The van der Waals surface area contributed by atoms with Crippen LogP contribution < -0.4 is 5.32 Å². The van der Waals surface area contributed by atoms with Crippen molar-refractivity contribution in [1.29, 1.82) is 0 Å². The Hall–Kier alpha value is -1.69. The Morgan fingerprint density at radius 3 is 2.08 bits per heavy atom. The van der Waals surface area contributed by atoms with E-state index in [1.807, 2.05) is 0 Å². The van der Waals surface area contributed by atoms with Crippen molar-refractivity contribution in [1.82, 2.24) is 10.2 Å². The number of benzene rings is 1. The predicted molar refractivity (Wildman–Crippen MR) is 81.8 cm³/mol. The van der Waals surface area contributed by atoms with Crippen LogP contribution in [0.3, 0.4) is 0 Å². The van der Waals surface area contributed by atoms with Crippen molar-refractivity contribution in [2.75, 3.05) is 10.6 Å². The lowest BCUT2D eigenvalue weighted by atomic mass is 10.0. The summed E-state index contributed by atoms with van der Waals surface area (Å²) < 4.78 is 76.7. The van der Waals surface area contributed by atoms with Crippen LogP contribution in [0.2, 0.25) is 0 Å². The van der Waals surface area contributed by atoms with Gasteiger partial charge in [0.05, 0.1) is 11.1 Å². The molecule has 2 aromatic rings. The number of amides is 1. The lowest BCUT2D eigenvalue weighted by Gasteiger charge is -2.13. The summed E-state index contributed by atoms with van der Waals surface area (Å²) >= 11 is 4.15. The number of alkyl halides is 7. The normalized spacial score (nSPS) is 12.3. The number of nitrogens with zero attached hydrogens (tertiary/aromatic N) is 2. The third-order valence-electron chi connectivity index (χ3n) is 2.85. The Morgan fingerprint density at radius 2 is 1.60 bits per heavy atom. The zero-order valence-electron chi connectivity index (χ0n) is 12.0. The Labute approximate surface area is 149 Å². The van der Waals surface area contributed by atoms with Gasteiger partial charge in [0, 0.05) is 17.3 Å². The number of carbonyl (C=O) groups excluding carboxylic acids is 1. The first-order chi connectivity index (χ1) is 11.5. The minimum atomic E-state index is -5.03. The molecule has 0 saturated heterocycles. The van der Waals surface area contributed by atoms with E-state index < -0.39 is 35.0 Å². The van der Waals surface area contributed by atoms with Crippen LogP contribution in [0.4, 0.5) is 31.5 Å². The van der Waals surface area contributed by atoms with Gasteiger partial charge in [-0.2, -0.15) is 26.3 Å². The van der Waals surface area contributed by atoms with Crippen LogP contribution in [0.5, 0.6) is 0 Å². The molecule has 12 heteroatoms. The van der Waals surface area contributed by atoms with Crippen molar-refractivity contribution in [2.24, 2.45) is 0 Å². The van der Waals surface area contributed by atoms with E-state index in [9.17, 15) is 31.1 Å². The fourth-order valence-corrected chi connectivity index (χ4v) is 3.11. The van der Waals surface area contributed by atoms with Gasteiger partial charge in [-0.15, -0.1) is 10.2 Å². The maximum absolute atomic E-state index is 12.8. The molecule has 1 N–H and O–H groups in total. The molecule has 4 nitrogen and oxygen atoms in total. The number of carbonyl (C=O) groups is 1. The van der Waals surface area contributed by atoms with Crippen LogP contribution in [0.1, 0.15) is 26.5 Å². The van der Waals surface area contributed by atoms with Gasteiger partial charge in [-0.05, 0) is 18.2 Å². The van der Waals surface area contributed by atoms with Gasteiger partial charge in [-0.3, -0.25) is 10.1 Å². The number of halogens is 7. The molecule has 0 saturated carbocycles. The molecule has 0 aliphatic rings. The number of aryl methyl sites for hydroxylation is 1. The summed E-state index contributed by atoms with van der Waals surface area (Å²) in [6.45, 7) is 0. The highest BCUT2D eigenvalue weighted by atomic mass is 79.9. The summed E-state index contributed by atoms with van der Waals surface area (Å²) in [6, 6.07) is 0.659. The Bertz CT molecular complexity index is 742. The second-order valence-electron chi connectivity index (χ2n) is 4.69. The van der Waals surface area contributed by atoms with Crippen molar-refractivity contribution in [3.63, 3.8) is 0 Å². The summed E-state index contributed by atoms with van der Waals surface area (Å²) in [5.74, 6) is -1.14. The molecule has 1 aromatic heterocycles. The van der Waals surface area contributed by atoms with Gasteiger partial charge in [0.1, 0.15) is 5.01 Å². The van der Waals surface area contributed by atoms with E-state index in [1.54, 1.807) is 0 Å². The average molecular weight is 448 g/mol. The molecular formula is C13H8BrF6N3OS. The molecule has 25 heavy (non-hydrogen) atoms. The number of nitrogens with one attached hydrogen (secondary N) is 1. The fraction of sp³-hybridized carbons (Fsp3) is 0.308. The highest BCUT2D eigenvalue weighted by Crippen LogP contribution is 2.36. The largest absolute Gasteiger partial charge is 0.416 e. The molecule has 2 rings (SSSR count). The van der Waals surface area contributed by atoms with E-state index in [4.69, 9.17) is 0 Å². The molecule has 0 atom stereocenters. The molecule has 136 valence electrons. The van der Waals surface area contributed by atoms with Crippen LogP contribution in [-0.4, -0.2) is 21.4 Å². The topological polar surface area (TPSA) is 54.9 Å². The molecule has 1 aromatic carbocycles. The summed E-state index contributed by atoms with van der Waals surface area (Å²) in [7, 11) is 0. The van der Waals surface area contributed by atoms with E-state index >= 15 is 0 Å². The highest BCUT2D eigenvalue weighted by Gasteiger charge is 2.37. The first-order valence-electron chi connectivity index (χ1n) is 6.50. The van der Waals surface area contributed by atoms with Crippen LogP contribution in [0, 0.1) is 0 Å². The second-order valence-corrected chi connectivity index (χ2v) is 6.54. The van der Waals surface area contributed by atoms with Crippen molar-refractivity contribution in [3.05, 3.63) is 39.9 Å². The highest BCUT2D eigenvalue weighted by molar-refractivity contribution is 9.09. The van der Waals surface area contributed by atoms with Gasteiger partial charge >= 0.3 is 12.4 Å². The molecule has 0 unspecified atom stereocenters. The summed E-state index contributed by atoms with van der Waals surface area (Å²) in [5, 5.41) is 10.6. The number of anilines is 1. The maximum atomic E-state index is 12.8. The van der Waals surface area contributed by atoms with E-state index in [-0.39, 0.29) is 11.2 Å². The van der Waals surface area contributed by atoms with Gasteiger partial charge in [-0.25, -0.2) is 0 Å². The number of rotatable bonds is 4. The minimum Gasteiger partial charge on any atom is -0.296 e. The zero-order chi connectivity index (χ0) is 18.8. The number of hydrogen-bond donors (Lipinski definition) is 1. The van der Waals surface area contributed by atoms with Crippen LogP contribution in [0.25, 0.3) is 0 Å². The molecule has 0 aliphatic heterocycles. The van der Waals surface area contributed by atoms with Crippen LogP contribution >= 0.6 is 27.3 Å². The molecule has 0 aliphatic carbocycles. The molecular weight excluding hydrogens is 440 g/mol. The van der Waals surface area contributed by atoms with Crippen molar-refractivity contribution in [2.45, 2.75) is 18.8 Å². The Balaban J connectivity index is 2.34. The molecule has 0 spiro atoms. The van der Waals surface area contributed by atoms with Crippen LogP contribution in [-0.2, 0) is 18.8 Å². The standard InChI is InChI=1S/C13H8BrF6N3OS/c14-2-1-9-22-23-11(25-9)21-10(24)6-3-7(12(15,16)17)5-8(4-6)13(18,19)20/h3-5H,1-2H2,(H,21,23,24). The number of hydrogen-bond acceptors (Lipinski definition) is 4. The Morgan fingerprint density at radius 1 is 1.04 bits per heavy atom. The molecule has 1 heterocycles. The molecule has 1 amide bonds. The van der Waals surface area contributed by atoms with Gasteiger partial charge in [0.25, 0.3) is 5.91 Å². The van der Waals surface area contributed by atoms with Gasteiger partial charge < -0.3 is 0 Å². The van der Waals surface area contributed by atoms with Crippen molar-refractivity contribution >= 4 is 38.3 Å². The third kappa shape index (κ3) is 5.14. The van der Waals surface area contributed by atoms with Gasteiger partial charge in [0.15, 0.2) is 0 Å². The monoisotopic (exact) mass is 447 g/mol. The smallest absolute Gasteiger partial charge is 0.296 e. The second kappa shape index (κ2) is 7.28. The lowest BCUT2D eigenvalue weighted by molar-refractivity contribution is -0.143. The zero-order valence-corrected chi connectivity index (χ0v) is 14.4. The minimum absolute atomic E-state index is 0.0214. The van der Waals surface area contributed by atoms with Crippen molar-refractivity contribution < 1.29 is 31.1 Å². The quantitative estimate of drug-likeness (QED) is 0.542. The first kappa shape index (κ1) is 19.6. The third-order valence-corrected chi connectivity index (χ3v) is 4.14. The molecule has 0 fully saturated rings. The lowest BCUT2D eigenvalue weighted by Crippen LogP contribution is -2.17. The summed E-state index contributed by atoms with van der Waals surface area (Å²) in [4.78, 5) is 12.0. The summed E-state index contributed by atoms with van der Waals surface area (Å²) in [6.07, 6.45) is -9.54. The molecule has 0 radical (unpaired) electrons. The maximum Gasteiger partial charge on any atom is 0.416 e. The molecule has 0 bridgehead atoms. The predicted octanol–water partition coefficient (Wildman–Crippen LogP) is 4.77. The SMILES string of the molecule is O=C(Nc1nnc(CCBr)s1)c1cc(C(F)(F)F)cc(C(F)(F)F)c1. The van der Waals surface area contributed by atoms with Gasteiger partial charge in [-0.1, -0.05) is 27.3 Å². The van der Waals surface area contributed by atoms with Gasteiger partial charge in [0.2, 0.25) is 5.13 Å². The average Bonchev–Trinajstić information content (AvgIpc) is 2.92. The van der Waals surface area contributed by atoms with Crippen molar-refractivity contribution in [3.8, 4) is 0 Å².